The van der Waals surface area contributed by atoms with Crippen LogP contribution in [0.1, 0.15) is 61.1 Å². The van der Waals surface area contributed by atoms with Gasteiger partial charge in [0.05, 0.1) is 17.8 Å². The lowest BCUT2D eigenvalue weighted by molar-refractivity contribution is 0.0996. The highest BCUT2D eigenvalue weighted by atomic mass is 35.5. The van der Waals surface area contributed by atoms with Crippen molar-refractivity contribution in [3.05, 3.63) is 46.9 Å². The van der Waals surface area contributed by atoms with Gasteiger partial charge in [0, 0.05) is 37.7 Å². The van der Waals surface area contributed by atoms with Crippen molar-refractivity contribution in [2.75, 3.05) is 23.4 Å². The Hall–Kier alpha value is -3.04. The van der Waals surface area contributed by atoms with Crippen molar-refractivity contribution in [3.63, 3.8) is 0 Å². The van der Waals surface area contributed by atoms with E-state index >= 15 is 0 Å². The zero-order chi connectivity index (χ0) is 23.8. The van der Waals surface area contributed by atoms with Gasteiger partial charge in [-0.2, -0.15) is 0 Å². The van der Waals surface area contributed by atoms with Crippen LogP contribution in [0.4, 0.5) is 11.6 Å². The van der Waals surface area contributed by atoms with E-state index in [2.05, 4.69) is 45.8 Å². The molecule has 0 saturated carbocycles. The van der Waals surface area contributed by atoms with Gasteiger partial charge in [-0.05, 0) is 51.9 Å². The average Bonchev–Trinajstić information content (AvgIpc) is 3.56. The first-order chi connectivity index (χ1) is 16.5. The van der Waals surface area contributed by atoms with E-state index in [0.717, 1.165) is 72.3 Å². The summed E-state index contributed by atoms with van der Waals surface area (Å²) in [6.45, 7) is 9.19. The van der Waals surface area contributed by atoms with Crippen LogP contribution in [0, 0.1) is 0 Å². The summed E-state index contributed by atoms with van der Waals surface area (Å²) < 4.78 is 2.07. The smallest absolute Gasteiger partial charge is 0.260 e. The van der Waals surface area contributed by atoms with Crippen LogP contribution in [0.2, 0.25) is 0 Å². The Morgan fingerprint density at radius 3 is 2.66 bits per heavy atom. The van der Waals surface area contributed by atoms with Crippen molar-refractivity contribution < 1.29 is 4.79 Å². The maximum absolute atomic E-state index is 13.6. The molecule has 0 unspecified atom stereocenters. The maximum atomic E-state index is 13.6. The van der Waals surface area contributed by atoms with E-state index in [-0.39, 0.29) is 18.3 Å². The summed E-state index contributed by atoms with van der Waals surface area (Å²) in [6.07, 6.45) is 3.11. The van der Waals surface area contributed by atoms with E-state index in [1.807, 2.05) is 31.3 Å². The van der Waals surface area contributed by atoms with Crippen LogP contribution >= 0.6 is 12.4 Å². The van der Waals surface area contributed by atoms with Gasteiger partial charge in [-0.25, -0.2) is 9.97 Å². The molecule has 9 nitrogen and oxygen atoms in total. The lowest BCUT2D eigenvalue weighted by Crippen LogP contribution is -2.28. The van der Waals surface area contributed by atoms with E-state index in [0.29, 0.717) is 24.9 Å². The normalized spacial score (nSPS) is 17.1. The molecule has 0 aromatic carbocycles. The Balaban J connectivity index is 0.00000289. The van der Waals surface area contributed by atoms with Crippen LogP contribution < -0.4 is 15.1 Å². The summed E-state index contributed by atoms with van der Waals surface area (Å²) in [5.74, 6) is 3.15. The molecule has 5 rings (SSSR count). The van der Waals surface area contributed by atoms with Crippen LogP contribution in [0.3, 0.4) is 0 Å². The van der Waals surface area contributed by atoms with Gasteiger partial charge < -0.3 is 14.8 Å². The van der Waals surface area contributed by atoms with Crippen molar-refractivity contribution in [1.29, 1.82) is 0 Å². The molecule has 1 saturated heterocycles. The number of carbonyl (C=O) groups excluding carboxylic acids is 1. The fraction of sp³-hybridized carbons (Fsp3) is 0.480. The number of aryl methyl sites for hydroxylation is 1. The monoisotopic (exact) mass is 496 g/mol. The molecule has 1 atom stereocenters. The summed E-state index contributed by atoms with van der Waals surface area (Å²) in [5, 5.41) is 11.9. The van der Waals surface area contributed by atoms with Crippen molar-refractivity contribution in [2.24, 2.45) is 0 Å². The van der Waals surface area contributed by atoms with Crippen molar-refractivity contribution in [2.45, 2.75) is 65.7 Å². The van der Waals surface area contributed by atoms with E-state index in [9.17, 15) is 4.79 Å². The Morgan fingerprint density at radius 2 is 1.97 bits per heavy atom. The minimum absolute atomic E-state index is 0. The summed E-state index contributed by atoms with van der Waals surface area (Å²) in [7, 11) is 1.91. The van der Waals surface area contributed by atoms with Crippen LogP contribution in [0.5, 0.6) is 0 Å². The molecule has 35 heavy (non-hydrogen) atoms. The first-order valence-electron chi connectivity index (χ1n) is 12.2. The number of amides is 1. The molecule has 5 heterocycles. The molecular weight excluding hydrogens is 464 g/mol. The summed E-state index contributed by atoms with van der Waals surface area (Å²) in [5.41, 5.74) is 3.36. The minimum Gasteiger partial charge on any atom is -0.354 e. The highest BCUT2D eigenvalue weighted by molar-refractivity contribution is 6.10. The van der Waals surface area contributed by atoms with Gasteiger partial charge in [0.2, 0.25) is 0 Å². The SMILES string of the molecule is CCc1nnc(-c2cccc(N3Cc4c(cc(N5CCC[C@H]5C)nc4CNC)C3=O)n2)n1CC.Cl. The second-order valence-corrected chi connectivity index (χ2v) is 8.98. The molecule has 2 aliphatic rings. The van der Waals surface area contributed by atoms with Crippen molar-refractivity contribution in [1.82, 2.24) is 30.0 Å². The molecule has 10 heteroatoms. The third-order valence-electron chi connectivity index (χ3n) is 6.88. The van der Waals surface area contributed by atoms with Gasteiger partial charge in [0.15, 0.2) is 5.82 Å². The van der Waals surface area contributed by atoms with Crippen molar-refractivity contribution in [3.8, 4) is 11.5 Å². The average molecular weight is 497 g/mol. The standard InChI is InChI=1S/C25H32N8O.ClH/c1-5-21-29-30-24(31(21)6-2)19-10-7-11-22(27-19)33-15-18-17(25(33)34)13-23(28-20(18)14-26-4)32-12-8-9-16(32)3;/h7,10-11,13,16,26H,5-6,8-9,12,14-15H2,1-4H3;1H/t16-;/m1./s1. The molecule has 3 aromatic rings. The number of aromatic nitrogens is 5. The highest BCUT2D eigenvalue weighted by Crippen LogP contribution is 2.34. The second kappa shape index (κ2) is 10.3. The fourth-order valence-corrected chi connectivity index (χ4v) is 5.09. The predicted molar refractivity (Wildman–Crippen MR) is 139 cm³/mol. The second-order valence-electron chi connectivity index (χ2n) is 8.98. The first kappa shape index (κ1) is 25.1. The van der Waals surface area contributed by atoms with E-state index in [1.165, 1.54) is 0 Å². The maximum Gasteiger partial charge on any atom is 0.260 e. The third-order valence-corrected chi connectivity index (χ3v) is 6.88. The molecule has 1 amide bonds. The number of nitrogens with one attached hydrogen (secondary N) is 1. The van der Waals surface area contributed by atoms with E-state index in [4.69, 9.17) is 9.97 Å². The topological polar surface area (TPSA) is 92.1 Å². The Bertz CT molecular complexity index is 1230. The zero-order valence-electron chi connectivity index (χ0n) is 20.8. The number of anilines is 2. The van der Waals surface area contributed by atoms with Gasteiger partial charge in [0.1, 0.15) is 23.2 Å². The lowest BCUT2D eigenvalue weighted by Gasteiger charge is -2.24. The molecule has 0 bridgehead atoms. The number of nitrogens with zero attached hydrogens (tertiary/aromatic N) is 7. The molecule has 0 aliphatic carbocycles. The molecule has 0 spiro atoms. The van der Waals surface area contributed by atoms with Crippen LogP contribution in [-0.4, -0.2) is 50.3 Å². The molecule has 186 valence electrons. The third kappa shape index (κ3) is 4.38. The van der Waals surface area contributed by atoms with Gasteiger partial charge in [-0.15, -0.1) is 22.6 Å². The Morgan fingerprint density at radius 1 is 1.14 bits per heavy atom. The number of hydrogen-bond donors (Lipinski definition) is 1. The highest BCUT2D eigenvalue weighted by Gasteiger charge is 2.34. The summed E-state index contributed by atoms with van der Waals surface area (Å²) in [4.78, 5) is 27.5. The number of pyridine rings is 2. The molecule has 3 aromatic heterocycles. The number of hydrogen-bond acceptors (Lipinski definition) is 7. The molecule has 0 radical (unpaired) electrons. The first-order valence-corrected chi connectivity index (χ1v) is 12.2. The number of rotatable bonds is 7. The Kier molecular flexibility index (Phi) is 7.37. The number of carbonyl (C=O) groups is 1. The van der Waals surface area contributed by atoms with Crippen LogP contribution in [0.15, 0.2) is 24.3 Å². The van der Waals surface area contributed by atoms with Gasteiger partial charge in [0.25, 0.3) is 5.91 Å². The zero-order valence-corrected chi connectivity index (χ0v) is 21.6. The largest absolute Gasteiger partial charge is 0.354 e. The number of halogens is 1. The number of fused-ring (bicyclic) bond motifs is 1. The van der Waals surface area contributed by atoms with Crippen LogP contribution in [0.25, 0.3) is 11.5 Å². The van der Waals surface area contributed by atoms with Gasteiger partial charge in [-0.1, -0.05) is 13.0 Å². The lowest BCUT2D eigenvalue weighted by atomic mass is 10.1. The van der Waals surface area contributed by atoms with Gasteiger partial charge in [-0.3, -0.25) is 9.69 Å². The fourth-order valence-electron chi connectivity index (χ4n) is 5.09. The quantitative estimate of drug-likeness (QED) is 0.534. The summed E-state index contributed by atoms with van der Waals surface area (Å²) in [6, 6.07) is 8.15. The molecular formula is C25H33ClN8O. The van der Waals surface area contributed by atoms with E-state index in [1.54, 1.807) is 4.90 Å². The summed E-state index contributed by atoms with van der Waals surface area (Å²) >= 11 is 0. The Labute approximate surface area is 212 Å². The van der Waals surface area contributed by atoms with Crippen molar-refractivity contribution >= 4 is 29.9 Å². The minimum atomic E-state index is -0.0290. The molecule has 1 N–H and O–H groups in total. The molecule has 1 fully saturated rings. The predicted octanol–water partition coefficient (Wildman–Crippen LogP) is 3.61. The van der Waals surface area contributed by atoms with Crippen LogP contribution in [-0.2, 0) is 26.1 Å². The van der Waals surface area contributed by atoms with Gasteiger partial charge >= 0.3 is 0 Å². The molecule has 2 aliphatic heterocycles. The van der Waals surface area contributed by atoms with E-state index < -0.39 is 0 Å².